The van der Waals surface area contributed by atoms with Crippen molar-refractivity contribution in [2.24, 2.45) is 0 Å². The van der Waals surface area contributed by atoms with Gasteiger partial charge in [0.1, 0.15) is 5.75 Å². The average molecular weight is 374 g/mol. The van der Waals surface area contributed by atoms with E-state index in [0.717, 1.165) is 36.4 Å². The third-order valence-electron chi connectivity index (χ3n) is 5.86. The normalized spacial score (nSPS) is 20.1. The molecule has 4 heterocycles. The first-order valence-corrected chi connectivity index (χ1v) is 9.67. The lowest BCUT2D eigenvalue weighted by atomic mass is 9.99. The van der Waals surface area contributed by atoms with Gasteiger partial charge in [-0.3, -0.25) is 9.78 Å². The van der Waals surface area contributed by atoms with Crippen LogP contribution in [-0.2, 0) is 17.6 Å². The summed E-state index contributed by atoms with van der Waals surface area (Å²) in [6, 6.07) is 14.0. The summed E-state index contributed by atoms with van der Waals surface area (Å²) in [4.78, 5) is 19.4. The number of aromatic nitrogens is 3. The molecular formula is C22H22N4O2. The summed E-state index contributed by atoms with van der Waals surface area (Å²) in [6.07, 6.45) is 6.91. The molecule has 1 saturated heterocycles. The number of benzene rings is 1. The van der Waals surface area contributed by atoms with Crippen molar-refractivity contribution >= 4 is 5.91 Å². The predicted octanol–water partition coefficient (Wildman–Crippen LogP) is 3.11. The van der Waals surface area contributed by atoms with Gasteiger partial charge in [-0.2, -0.15) is 5.10 Å². The molecule has 2 aliphatic rings. The first kappa shape index (κ1) is 17.0. The number of nitrogens with zero attached hydrogens (tertiary/aromatic N) is 4. The monoisotopic (exact) mass is 374 g/mol. The van der Waals surface area contributed by atoms with Crippen molar-refractivity contribution in [3.8, 4) is 11.4 Å². The Bertz CT molecular complexity index is 997. The molecular weight excluding hydrogens is 352 g/mol. The number of methoxy groups -OCH3 is 1. The quantitative estimate of drug-likeness (QED) is 0.704. The third kappa shape index (κ3) is 2.76. The fourth-order valence-corrected chi connectivity index (χ4v) is 4.55. The van der Waals surface area contributed by atoms with Crippen molar-refractivity contribution in [3.63, 3.8) is 0 Å². The number of pyridine rings is 1. The highest BCUT2D eigenvalue weighted by Gasteiger charge is 2.44. The molecule has 0 unspecified atom stereocenters. The van der Waals surface area contributed by atoms with Gasteiger partial charge in [0.05, 0.1) is 37.2 Å². The maximum atomic E-state index is 13.0. The Labute approximate surface area is 163 Å². The van der Waals surface area contributed by atoms with Gasteiger partial charge in [-0.1, -0.05) is 6.07 Å². The van der Waals surface area contributed by atoms with E-state index in [1.165, 1.54) is 11.3 Å². The fraction of sp³-hybridized carbons (Fsp3) is 0.318. The number of hydrogen-bond donors (Lipinski definition) is 0. The lowest BCUT2D eigenvalue weighted by molar-refractivity contribution is -0.134. The van der Waals surface area contributed by atoms with Gasteiger partial charge in [-0.25, -0.2) is 4.68 Å². The molecule has 3 aromatic rings. The van der Waals surface area contributed by atoms with E-state index in [1.807, 2.05) is 53.3 Å². The smallest absolute Gasteiger partial charge is 0.229 e. The van der Waals surface area contributed by atoms with Gasteiger partial charge in [0.15, 0.2) is 0 Å². The second-order valence-corrected chi connectivity index (χ2v) is 7.41. The van der Waals surface area contributed by atoms with Gasteiger partial charge in [0.2, 0.25) is 5.91 Å². The first-order chi connectivity index (χ1) is 13.7. The van der Waals surface area contributed by atoms with E-state index in [4.69, 9.17) is 4.74 Å². The number of carbonyl (C=O) groups excluding carboxylic acids is 1. The van der Waals surface area contributed by atoms with Crippen LogP contribution in [-0.4, -0.2) is 38.7 Å². The van der Waals surface area contributed by atoms with E-state index >= 15 is 0 Å². The molecule has 2 aliphatic heterocycles. The van der Waals surface area contributed by atoms with Crippen molar-refractivity contribution in [2.45, 2.75) is 37.8 Å². The molecule has 2 atom stereocenters. The van der Waals surface area contributed by atoms with Crippen molar-refractivity contribution in [3.05, 3.63) is 71.8 Å². The molecule has 0 N–H and O–H groups in total. The zero-order valence-corrected chi connectivity index (χ0v) is 15.8. The molecule has 1 aromatic carbocycles. The van der Waals surface area contributed by atoms with Crippen LogP contribution in [0.4, 0.5) is 0 Å². The highest BCUT2D eigenvalue weighted by molar-refractivity contribution is 5.80. The minimum atomic E-state index is 0.122. The molecule has 0 spiro atoms. The van der Waals surface area contributed by atoms with Gasteiger partial charge < -0.3 is 9.64 Å². The van der Waals surface area contributed by atoms with Crippen LogP contribution in [0.2, 0.25) is 0 Å². The van der Waals surface area contributed by atoms with Crippen LogP contribution in [0.15, 0.2) is 54.9 Å². The third-order valence-corrected chi connectivity index (χ3v) is 5.86. The van der Waals surface area contributed by atoms with E-state index in [0.29, 0.717) is 6.42 Å². The van der Waals surface area contributed by atoms with E-state index in [2.05, 4.69) is 15.0 Å². The summed E-state index contributed by atoms with van der Waals surface area (Å²) < 4.78 is 7.27. The number of carbonyl (C=O) groups is 1. The Morgan fingerprint density at radius 1 is 1.18 bits per heavy atom. The lowest BCUT2D eigenvalue weighted by Gasteiger charge is -2.35. The summed E-state index contributed by atoms with van der Waals surface area (Å²) >= 11 is 0. The van der Waals surface area contributed by atoms with Crippen molar-refractivity contribution in [1.29, 1.82) is 0 Å². The maximum Gasteiger partial charge on any atom is 0.229 e. The Balaban J connectivity index is 1.43. The molecule has 6 heteroatoms. The summed E-state index contributed by atoms with van der Waals surface area (Å²) in [6.45, 7) is 0. The second kappa shape index (κ2) is 6.78. The minimum Gasteiger partial charge on any atom is -0.497 e. The van der Waals surface area contributed by atoms with Crippen molar-refractivity contribution in [1.82, 2.24) is 19.7 Å². The maximum absolute atomic E-state index is 13.0. The number of rotatable bonds is 4. The Hall–Kier alpha value is -3.15. The molecule has 5 rings (SSSR count). The van der Waals surface area contributed by atoms with Crippen LogP contribution in [0, 0.1) is 0 Å². The fourth-order valence-electron chi connectivity index (χ4n) is 4.55. The SMILES string of the molecule is COc1ccc(-n2ncc3c2C[C@@H]2CC[C@@H]3N2C(=O)Cc2ccccn2)cc1. The highest BCUT2D eigenvalue weighted by Crippen LogP contribution is 2.44. The average Bonchev–Trinajstić information content (AvgIpc) is 3.30. The summed E-state index contributed by atoms with van der Waals surface area (Å²) in [5.74, 6) is 0.991. The largest absolute Gasteiger partial charge is 0.497 e. The minimum absolute atomic E-state index is 0.122. The topological polar surface area (TPSA) is 60.2 Å². The molecule has 0 aliphatic carbocycles. The number of ether oxygens (including phenoxy) is 1. The van der Waals surface area contributed by atoms with Gasteiger partial charge in [0.25, 0.3) is 0 Å². The number of amides is 1. The molecule has 1 fully saturated rings. The molecule has 6 nitrogen and oxygen atoms in total. The van der Waals surface area contributed by atoms with Gasteiger partial charge in [0, 0.05) is 29.9 Å². The van der Waals surface area contributed by atoms with E-state index in [-0.39, 0.29) is 18.0 Å². The molecule has 2 aromatic heterocycles. The molecule has 0 saturated carbocycles. The van der Waals surface area contributed by atoms with Gasteiger partial charge >= 0.3 is 0 Å². The molecule has 2 bridgehead atoms. The van der Waals surface area contributed by atoms with E-state index < -0.39 is 0 Å². The van der Waals surface area contributed by atoms with E-state index in [9.17, 15) is 4.79 Å². The van der Waals surface area contributed by atoms with Crippen LogP contribution >= 0.6 is 0 Å². The Morgan fingerprint density at radius 3 is 2.79 bits per heavy atom. The Kier molecular flexibility index (Phi) is 4.11. The predicted molar refractivity (Wildman–Crippen MR) is 104 cm³/mol. The first-order valence-electron chi connectivity index (χ1n) is 9.67. The van der Waals surface area contributed by atoms with Crippen molar-refractivity contribution in [2.75, 3.05) is 7.11 Å². The van der Waals surface area contributed by atoms with Crippen LogP contribution in [0.3, 0.4) is 0 Å². The molecule has 0 radical (unpaired) electrons. The zero-order valence-electron chi connectivity index (χ0n) is 15.8. The highest BCUT2D eigenvalue weighted by atomic mass is 16.5. The van der Waals surface area contributed by atoms with Crippen molar-refractivity contribution < 1.29 is 9.53 Å². The lowest BCUT2D eigenvalue weighted by Crippen LogP contribution is -2.43. The molecule has 142 valence electrons. The summed E-state index contributed by atoms with van der Waals surface area (Å²) in [5.41, 5.74) is 4.25. The van der Waals surface area contributed by atoms with E-state index in [1.54, 1.807) is 13.3 Å². The number of fused-ring (bicyclic) bond motifs is 4. The standard InChI is InChI=1S/C22H22N4O2/c1-28-18-8-5-16(6-9-18)26-21-13-17-7-10-20(19(21)14-24-26)25(17)22(27)12-15-4-2-3-11-23-15/h2-6,8-9,11,14,17,20H,7,10,12-13H2,1H3/t17-,20-/m0/s1. The van der Waals surface area contributed by atoms with Gasteiger partial charge in [-0.15, -0.1) is 0 Å². The second-order valence-electron chi connectivity index (χ2n) is 7.41. The van der Waals surface area contributed by atoms with Gasteiger partial charge in [-0.05, 0) is 49.2 Å². The van der Waals surface area contributed by atoms with Crippen LogP contribution in [0.1, 0.15) is 35.8 Å². The summed E-state index contributed by atoms with van der Waals surface area (Å²) in [7, 11) is 1.67. The zero-order chi connectivity index (χ0) is 19.1. The molecule has 28 heavy (non-hydrogen) atoms. The Morgan fingerprint density at radius 2 is 2.04 bits per heavy atom. The van der Waals surface area contributed by atoms with Crippen LogP contribution < -0.4 is 4.74 Å². The van der Waals surface area contributed by atoms with Crippen LogP contribution in [0.25, 0.3) is 5.69 Å². The number of hydrogen-bond acceptors (Lipinski definition) is 4. The summed E-state index contributed by atoms with van der Waals surface area (Å²) in [5, 5.41) is 4.65. The van der Waals surface area contributed by atoms with Crippen LogP contribution in [0.5, 0.6) is 5.75 Å². The molecule has 1 amide bonds.